The molecule has 0 aliphatic carbocycles. The van der Waals surface area contributed by atoms with Crippen LogP contribution in [0.3, 0.4) is 0 Å². The molecule has 3 rings (SSSR count). The number of ether oxygens (including phenoxy) is 2. The molecule has 1 amide bonds. The van der Waals surface area contributed by atoms with Crippen molar-refractivity contribution in [2.45, 2.75) is 40.3 Å². The molecule has 0 fully saturated rings. The first-order chi connectivity index (χ1) is 14.1. The van der Waals surface area contributed by atoms with Crippen LogP contribution in [0.1, 0.15) is 46.1 Å². The Morgan fingerprint density at radius 2 is 2.07 bits per heavy atom. The molecule has 154 valence electrons. The van der Waals surface area contributed by atoms with E-state index in [4.69, 9.17) is 14.0 Å². The van der Waals surface area contributed by atoms with E-state index in [1.165, 1.54) is 0 Å². The molecule has 0 aliphatic heterocycles. The molecule has 0 radical (unpaired) electrons. The first-order valence-corrected chi connectivity index (χ1v) is 10.5. The van der Waals surface area contributed by atoms with Crippen molar-refractivity contribution in [3.05, 3.63) is 63.2 Å². The molecule has 0 aliphatic rings. The van der Waals surface area contributed by atoms with Crippen LogP contribution in [-0.2, 0) is 19.6 Å². The van der Waals surface area contributed by atoms with Crippen LogP contribution in [0, 0.1) is 6.92 Å². The lowest BCUT2D eigenvalue weighted by Crippen LogP contribution is -2.31. The van der Waals surface area contributed by atoms with Gasteiger partial charge in [-0.1, -0.05) is 24.2 Å². The topological polar surface area (TPSA) is 64.8 Å². The van der Waals surface area contributed by atoms with Crippen LogP contribution < -0.4 is 9.47 Å². The Morgan fingerprint density at radius 3 is 2.72 bits per heavy atom. The molecule has 0 atom stereocenters. The predicted molar refractivity (Wildman–Crippen MR) is 113 cm³/mol. The van der Waals surface area contributed by atoms with E-state index in [1.54, 1.807) is 30.3 Å². The van der Waals surface area contributed by atoms with Gasteiger partial charge in [0, 0.05) is 18.0 Å². The second-order valence-corrected chi connectivity index (χ2v) is 7.62. The number of benzene rings is 1. The van der Waals surface area contributed by atoms with Crippen molar-refractivity contribution in [2.75, 3.05) is 13.7 Å². The molecule has 0 N–H and O–H groups in total. The summed E-state index contributed by atoms with van der Waals surface area (Å²) in [6, 6.07) is 9.81. The summed E-state index contributed by atoms with van der Waals surface area (Å²) in [5.74, 6) is 1.82. The number of thiophene rings is 1. The maximum Gasteiger partial charge on any atom is 0.259 e. The highest BCUT2D eigenvalue weighted by Crippen LogP contribution is 2.30. The van der Waals surface area contributed by atoms with Crippen LogP contribution >= 0.6 is 11.3 Å². The molecule has 0 saturated heterocycles. The highest BCUT2D eigenvalue weighted by atomic mass is 32.1. The van der Waals surface area contributed by atoms with Gasteiger partial charge in [-0.25, -0.2) is 0 Å². The maximum absolute atomic E-state index is 13.1. The second-order valence-electron chi connectivity index (χ2n) is 6.59. The van der Waals surface area contributed by atoms with E-state index in [9.17, 15) is 4.79 Å². The number of hydrogen-bond donors (Lipinski definition) is 0. The fourth-order valence-electron chi connectivity index (χ4n) is 3.11. The Bertz CT molecular complexity index is 950. The minimum atomic E-state index is -0.0694. The van der Waals surface area contributed by atoms with Crippen molar-refractivity contribution in [3.63, 3.8) is 0 Å². The number of methoxy groups -OCH3 is 1. The Morgan fingerprint density at radius 1 is 1.24 bits per heavy atom. The summed E-state index contributed by atoms with van der Waals surface area (Å²) < 4.78 is 16.6. The summed E-state index contributed by atoms with van der Waals surface area (Å²) in [4.78, 5) is 16.0. The van der Waals surface area contributed by atoms with Crippen LogP contribution in [0.5, 0.6) is 11.5 Å². The Balaban J connectivity index is 1.75. The minimum absolute atomic E-state index is 0.0694. The lowest BCUT2D eigenvalue weighted by Gasteiger charge is -2.22. The fourth-order valence-corrected chi connectivity index (χ4v) is 3.73. The lowest BCUT2D eigenvalue weighted by molar-refractivity contribution is 0.0749. The predicted octanol–water partition coefficient (Wildman–Crippen LogP) is 4.86. The molecule has 2 heterocycles. The molecule has 0 bridgehead atoms. The van der Waals surface area contributed by atoms with Crippen molar-refractivity contribution < 1.29 is 18.8 Å². The van der Waals surface area contributed by atoms with Crippen molar-refractivity contribution in [1.82, 2.24) is 10.1 Å². The molecule has 2 aromatic heterocycles. The zero-order chi connectivity index (χ0) is 20.8. The van der Waals surface area contributed by atoms with E-state index >= 15 is 0 Å². The SMILES string of the molecule is CCc1noc(C)c1C(=O)N(CC)Cc1ccc(OCc2cccs2)c(OC)c1. The first kappa shape index (κ1) is 20.9. The summed E-state index contributed by atoms with van der Waals surface area (Å²) in [7, 11) is 1.62. The molecule has 0 saturated carbocycles. The van der Waals surface area contributed by atoms with Gasteiger partial charge in [0.1, 0.15) is 17.9 Å². The minimum Gasteiger partial charge on any atom is -0.493 e. The van der Waals surface area contributed by atoms with Crippen molar-refractivity contribution in [2.24, 2.45) is 0 Å². The largest absolute Gasteiger partial charge is 0.493 e. The van der Waals surface area contributed by atoms with Crippen molar-refractivity contribution >= 4 is 17.2 Å². The molecule has 0 unspecified atom stereocenters. The van der Waals surface area contributed by atoms with Crippen LogP contribution in [0.15, 0.2) is 40.2 Å². The Kier molecular flexibility index (Phi) is 6.93. The van der Waals surface area contributed by atoms with E-state index in [1.807, 2.05) is 49.6 Å². The second kappa shape index (κ2) is 9.60. The van der Waals surface area contributed by atoms with E-state index in [2.05, 4.69) is 5.16 Å². The monoisotopic (exact) mass is 414 g/mol. The number of nitrogens with zero attached hydrogens (tertiary/aromatic N) is 2. The average Bonchev–Trinajstić information content (AvgIpc) is 3.39. The molecule has 0 spiro atoms. The normalized spacial score (nSPS) is 10.8. The van der Waals surface area contributed by atoms with E-state index in [0.29, 0.717) is 54.6 Å². The highest BCUT2D eigenvalue weighted by molar-refractivity contribution is 7.09. The third-order valence-electron chi connectivity index (χ3n) is 4.70. The van der Waals surface area contributed by atoms with Gasteiger partial charge in [-0.3, -0.25) is 4.79 Å². The van der Waals surface area contributed by atoms with Gasteiger partial charge >= 0.3 is 0 Å². The summed E-state index contributed by atoms with van der Waals surface area (Å²) in [5.41, 5.74) is 2.23. The first-order valence-electron chi connectivity index (χ1n) is 9.63. The van der Waals surface area contributed by atoms with Gasteiger partial charge < -0.3 is 18.9 Å². The highest BCUT2D eigenvalue weighted by Gasteiger charge is 2.24. The standard InChI is InChI=1S/C22H26N2O4S/c1-5-18-21(15(3)28-23-18)22(25)24(6-2)13-16-9-10-19(20(12-16)26-4)27-14-17-8-7-11-29-17/h7-12H,5-6,13-14H2,1-4H3. The number of rotatable bonds is 9. The van der Waals surface area contributed by atoms with Gasteiger partial charge in [-0.2, -0.15) is 0 Å². The van der Waals surface area contributed by atoms with Crippen LogP contribution in [0.2, 0.25) is 0 Å². The molecule has 6 nitrogen and oxygen atoms in total. The number of aromatic nitrogens is 1. The summed E-state index contributed by atoms with van der Waals surface area (Å²) in [6.07, 6.45) is 0.653. The molecular weight excluding hydrogens is 388 g/mol. The quantitative estimate of drug-likeness (QED) is 0.500. The summed E-state index contributed by atoms with van der Waals surface area (Å²) in [5, 5.41) is 6.03. The fraction of sp³-hybridized carbons (Fsp3) is 0.364. The molecule has 3 aromatic rings. The van der Waals surface area contributed by atoms with Gasteiger partial charge in [-0.05, 0) is 49.4 Å². The van der Waals surface area contributed by atoms with E-state index in [0.717, 1.165) is 10.4 Å². The number of hydrogen-bond acceptors (Lipinski definition) is 6. The van der Waals surface area contributed by atoms with Gasteiger partial charge in [0.15, 0.2) is 11.5 Å². The van der Waals surface area contributed by atoms with Crippen LogP contribution in [-0.4, -0.2) is 29.6 Å². The maximum atomic E-state index is 13.1. The molecule has 29 heavy (non-hydrogen) atoms. The van der Waals surface area contributed by atoms with Gasteiger partial charge in [0.05, 0.1) is 12.8 Å². The van der Waals surface area contributed by atoms with Crippen molar-refractivity contribution in [1.29, 1.82) is 0 Å². The third kappa shape index (κ3) is 4.79. The number of carbonyl (C=O) groups excluding carboxylic acids is 1. The van der Waals surface area contributed by atoms with Crippen LogP contribution in [0.25, 0.3) is 0 Å². The zero-order valence-electron chi connectivity index (χ0n) is 17.2. The number of aryl methyl sites for hydroxylation is 2. The van der Waals surface area contributed by atoms with Gasteiger partial charge in [0.25, 0.3) is 5.91 Å². The number of carbonyl (C=O) groups is 1. The third-order valence-corrected chi connectivity index (χ3v) is 5.55. The van der Waals surface area contributed by atoms with Crippen molar-refractivity contribution in [3.8, 4) is 11.5 Å². The number of amides is 1. The lowest BCUT2D eigenvalue weighted by atomic mass is 10.1. The van der Waals surface area contributed by atoms with Gasteiger partial charge in [0.2, 0.25) is 0 Å². The molecule has 7 heteroatoms. The summed E-state index contributed by atoms with van der Waals surface area (Å²) >= 11 is 1.65. The smallest absolute Gasteiger partial charge is 0.259 e. The Hall–Kier alpha value is -2.80. The summed E-state index contributed by atoms with van der Waals surface area (Å²) in [6.45, 7) is 7.23. The Labute approximate surface area is 175 Å². The van der Waals surface area contributed by atoms with Gasteiger partial charge in [-0.15, -0.1) is 11.3 Å². The van der Waals surface area contributed by atoms with Crippen LogP contribution in [0.4, 0.5) is 0 Å². The molecular formula is C22H26N2O4S. The zero-order valence-corrected chi connectivity index (χ0v) is 18.0. The average molecular weight is 415 g/mol. The van der Waals surface area contributed by atoms with E-state index in [-0.39, 0.29) is 5.91 Å². The molecule has 1 aromatic carbocycles. The van der Waals surface area contributed by atoms with E-state index < -0.39 is 0 Å².